The van der Waals surface area contributed by atoms with E-state index >= 15 is 0 Å². The van der Waals surface area contributed by atoms with Crippen LogP contribution in [0.3, 0.4) is 0 Å². The number of nitrogens with zero attached hydrogens (tertiary/aromatic N) is 1. The summed E-state index contributed by atoms with van der Waals surface area (Å²) in [5.74, 6) is 0.138. The van der Waals surface area contributed by atoms with Crippen LogP contribution < -0.4 is 4.52 Å². The van der Waals surface area contributed by atoms with Crippen LogP contribution in [0.25, 0.3) is 0 Å². The van der Waals surface area contributed by atoms with Crippen LogP contribution in [0.1, 0.15) is 18.1 Å². The molecule has 1 heterocycles. The van der Waals surface area contributed by atoms with Crippen molar-refractivity contribution in [2.75, 3.05) is 6.61 Å². The van der Waals surface area contributed by atoms with E-state index in [0.29, 0.717) is 22.0 Å². The lowest BCUT2D eigenvalue weighted by Gasteiger charge is -2.29. The molecule has 1 fully saturated rings. The number of phosphoric ester groups is 1. The van der Waals surface area contributed by atoms with Crippen molar-refractivity contribution in [2.24, 2.45) is 0 Å². The number of benzene rings is 2. The summed E-state index contributed by atoms with van der Waals surface area (Å²) < 4.78 is 28.7. The van der Waals surface area contributed by atoms with Gasteiger partial charge in [-0.05, 0) is 35.9 Å². The Morgan fingerprint density at radius 3 is 2.40 bits per heavy atom. The van der Waals surface area contributed by atoms with Gasteiger partial charge in [-0.1, -0.05) is 23.2 Å². The van der Waals surface area contributed by atoms with Crippen LogP contribution >= 0.6 is 31.0 Å². The van der Waals surface area contributed by atoms with E-state index in [1.807, 2.05) is 0 Å². The molecule has 1 aliphatic heterocycles. The fraction of sp³-hybridized carbons (Fsp3) is 0.200. The third-order valence-electron chi connectivity index (χ3n) is 3.41. The van der Waals surface area contributed by atoms with E-state index in [-0.39, 0.29) is 18.0 Å². The van der Waals surface area contributed by atoms with E-state index in [1.165, 1.54) is 24.3 Å². The highest BCUT2D eigenvalue weighted by atomic mass is 35.5. The van der Waals surface area contributed by atoms with Crippen LogP contribution in [0, 0.1) is 10.1 Å². The molecule has 3 rings (SSSR count). The molecule has 0 bridgehead atoms. The van der Waals surface area contributed by atoms with Crippen LogP contribution in [0.15, 0.2) is 42.5 Å². The summed E-state index contributed by atoms with van der Waals surface area (Å²) in [6.45, 7) is 0.152. The number of halogens is 2. The maximum Gasteiger partial charge on any atom is 0.530 e. The Bertz CT molecular complexity index is 824. The van der Waals surface area contributed by atoms with Crippen LogP contribution in [0.5, 0.6) is 5.75 Å². The van der Waals surface area contributed by atoms with Crippen LogP contribution in [-0.2, 0) is 13.6 Å². The largest absolute Gasteiger partial charge is 0.530 e. The predicted octanol–water partition coefficient (Wildman–Crippen LogP) is 5.57. The summed E-state index contributed by atoms with van der Waals surface area (Å²) in [7, 11) is -3.88. The molecular weight excluding hydrogens is 392 g/mol. The molecule has 0 saturated carbocycles. The fourth-order valence-corrected chi connectivity index (χ4v) is 4.25. The highest BCUT2D eigenvalue weighted by Crippen LogP contribution is 2.56. The van der Waals surface area contributed by atoms with Crippen molar-refractivity contribution in [2.45, 2.75) is 12.5 Å². The van der Waals surface area contributed by atoms with Gasteiger partial charge in [0.15, 0.2) is 0 Å². The first-order valence-electron chi connectivity index (χ1n) is 7.18. The Hall–Kier alpha value is -1.63. The van der Waals surface area contributed by atoms with Crippen molar-refractivity contribution in [3.63, 3.8) is 0 Å². The predicted molar refractivity (Wildman–Crippen MR) is 92.2 cm³/mol. The summed E-state index contributed by atoms with van der Waals surface area (Å²) in [5, 5.41) is 11.5. The molecule has 0 aliphatic carbocycles. The van der Waals surface area contributed by atoms with Gasteiger partial charge in [-0.3, -0.25) is 19.2 Å². The fourth-order valence-electron chi connectivity index (χ4n) is 2.30. The quantitative estimate of drug-likeness (QED) is 0.376. The van der Waals surface area contributed by atoms with Crippen LogP contribution in [0.2, 0.25) is 10.0 Å². The number of nitro groups is 1. The highest BCUT2D eigenvalue weighted by Gasteiger charge is 2.37. The first-order valence-corrected chi connectivity index (χ1v) is 9.39. The van der Waals surface area contributed by atoms with Crippen molar-refractivity contribution in [1.29, 1.82) is 0 Å². The summed E-state index contributed by atoms with van der Waals surface area (Å²) in [6, 6.07) is 10.0. The van der Waals surface area contributed by atoms with Gasteiger partial charge >= 0.3 is 7.82 Å². The van der Waals surface area contributed by atoms with E-state index in [2.05, 4.69) is 0 Å². The number of phosphoric acid groups is 1. The van der Waals surface area contributed by atoms with E-state index in [1.54, 1.807) is 18.2 Å². The summed E-state index contributed by atoms with van der Waals surface area (Å²) in [5.41, 5.74) is 0.552. The van der Waals surface area contributed by atoms with Gasteiger partial charge in [-0.25, -0.2) is 4.57 Å². The minimum atomic E-state index is -3.88. The Morgan fingerprint density at radius 2 is 1.80 bits per heavy atom. The average molecular weight is 404 g/mol. The normalized spacial score (nSPS) is 23.2. The molecule has 1 saturated heterocycles. The van der Waals surface area contributed by atoms with E-state index in [4.69, 9.17) is 36.8 Å². The lowest BCUT2D eigenvalue weighted by Crippen LogP contribution is -2.16. The Kier molecular flexibility index (Phi) is 5.32. The molecule has 2 aromatic rings. The zero-order valence-corrected chi connectivity index (χ0v) is 15.0. The molecule has 0 spiro atoms. The molecule has 0 amide bonds. The molecule has 25 heavy (non-hydrogen) atoms. The maximum absolute atomic E-state index is 12.7. The van der Waals surface area contributed by atoms with Crippen molar-refractivity contribution < 1.29 is 23.1 Å². The Balaban J connectivity index is 1.77. The standard InChI is InChI=1S/C15H12Cl2NO6P/c16-11-7-10(8-12(17)9-11)15-5-6-22-25(21,24-15)23-14-3-1-13(2-4-14)18(19)20/h1-4,7-9,15H,5-6H2/t15-,25?/m1/s1. The maximum atomic E-state index is 12.7. The number of hydrogen-bond donors (Lipinski definition) is 0. The van der Waals surface area contributed by atoms with Gasteiger partial charge in [0.25, 0.3) is 5.69 Å². The zero-order chi connectivity index (χ0) is 18.0. The second-order valence-electron chi connectivity index (χ2n) is 5.21. The van der Waals surface area contributed by atoms with E-state index in [0.717, 1.165) is 0 Å². The Morgan fingerprint density at radius 1 is 1.16 bits per heavy atom. The highest BCUT2D eigenvalue weighted by molar-refractivity contribution is 7.49. The zero-order valence-electron chi connectivity index (χ0n) is 12.6. The monoisotopic (exact) mass is 403 g/mol. The van der Waals surface area contributed by atoms with Gasteiger partial charge in [0.2, 0.25) is 0 Å². The van der Waals surface area contributed by atoms with Crippen molar-refractivity contribution in [1.82, 2.24) is 0 Å². The van der Waals surface area contributed by atoms with E-state index in [9.17, 15) is 14.7 Å². The number of nitro benzene ring substituents is 1. The number of hydrogen-bond acceptors (Lipinski definition) is 6. The molecule has 0 radical (unpaired) electrons. The van der Waals surface area contributed by atoms with E-state index < -0.39 is 18.8 Å². The first-order chi connectivity index (χ1) is 11.8. The third-order valence-corrected chi connectivity index (χ3v) is 5.29. The van der Waals surface area contributed by atoms with Crippen LogP contribution in [-0.4, -0.2) is 11.5 Å². The first kappa shape index (κ1) is 18.2. The minimum Gasteiger partial charge on any atom is -0.404 e. The van der Waals surface area contributed by atoms with Gasteiger partial charge in [-0.15, -0.1) is 0 Å². The second kappa shape index (κ2) is 7.32. The van der Waals surface area contributed by atoms with Crippen molar-refractivity contribution in [3.8, 4) is 5.75 Å². The topological polar surface area (TPSA) is 87.9 Å². The minimum absolute atomic E-state index is 0.109. The second-order valence-corrected chi connectivity index (χ2v) is 7.63. The third kappa shape index (κ3) is 4.51. The molecule has 132 valence electrons. The summed E-state index contributed by atoms with van der Waals surface area (Å²) >= 11 is 12.0. The summed E-state index contributed by atoms with van der Waals surface area (Å²) in [6.07, 6.45) is -0.113. The van der Waals surface area contributed by atoms with Gasteiger partial charge in [0.1, 0.15) is 5.75 Å². The Labute approximate surface area is 153 Å². The van der Waals surface area contributed by atoms with Crippen molar-refractivity contribution >= 4 is 36.7 Å². The SMILES string of the molecule is O=[N+]([O-])c1ccc(OP2(=O)OCC[C@H](c3cc(Cl)cc(Cl)c3)O2)cc1. The molecule has 0 aromatic heterocycles. The number of rotatable bonds is 4. The number of non-ortho nitro benzene ring substituents is 1. The molecule has 1 unspecified atom stereocenters. The lowest BCUT2D eigenvalue weighted by molar-refractivity contribution is -0.384. The lowest BCUT2D eigenvalue weighted by atomic mass is 10.1. The van der Waals surface area contributed by atoms with Gasteiger partial charge in [0.05, 0.1) is 17.6 Å². The molecule has 7 nitrogen and oxygen atoms in total. The molecule has 1 aliphatic rings. The molecular formula is C15H12Cl2NO6P. The molecule has 2 aromatic carbocycles. The smallest absolute Gasteiger partial charge is 0.404 e. The molecule has 10 heteroatoms. The van der Waals surface area contributed by atoms with Crippen molar-refractivity contribution in [3.05, 3.63) is 68.2 Å². The van der Waals surface area contributed by atoms with Gasteiger partial charge in [-0.2, -0.15) is 0 Å². The van der Waals surface area contributed by atoms with Crippen LogP contribution in [0.4, 0.5) is 5.69 Å². The van der Waals surface area contributed by atoms with Gasteiger partial charge in [0, 0.05) is 28.6 Å². The van der Waals surface area contributed by atoms with Gasteiger partial charge < -0.3 is 4.52 Å². The average Bonchev–Trinajstić information content (AvgIpc) is 2.54. The molecule has 2 atom stereocenters. The summed E-state index contributed by atoms with van der Waals surface area (Å²) in [4.78, 5) is 10.1. The molecule has 0 N–H and O–H groups in total.